The molecular weight excluding hydrogens is 294 g/mol. The number of aromatic nitrogens is 1. The molecule has 3 rings (SSSR count). The first-order valence-corrected chi connectivity index (χ1v) is 6.69. The summed E-state index contributed by atoms with van der Waals surface area (Å²) < 4.78 is 10.4. The van der Waals surface area contributed by atoms with E-state index in [9.17, 15) is 0 Å². The molecule has 0 aliphatic rings. The van der Waals surface area contributed by atoms with Gasteiger partial charge in [-0.15, -0.1) is 0 Å². The van der Waals surface area contributed by atoms with E-state index in [0.29, 0.717) is 15.7 Å². The van der Waals surface area contributed by atoms with Crippen LogP contribution >= 0.6 is 23.8 Å². The Labute approximate surface area is 126 Å². The van der Waals surface area contributed by atoms with Gasteiger partial charge in [-0.3, -0.25) is 4.98 Å². The van der Waals surface area contributed by atoms with Gasteiger partial charge in [0.1, 0.15) is 0 Å². The van der Waals surface area contributed by atoms with Crippen molar-refractivity contribution in [3.63, 3.8) is 0 Å². The van der Waals surface area contributed by atoms with Crippen LogP contribution in [0.4, 0.5) is 0 Å². The second-order valence-corrected chi connectivity index (χ2v) is 5.00. The zero-order chi connectivity index (χ0) is 14.1. The second kappa shape index (κ2) is 5.23. The fourth-order valence-electron chi connectivity index (χ4n) is 2.02. The molecule has 0 spiro atoms. The minimum atomic E-state index is 0.434. The number of benzene rings is 1. The molecule has 0 saturated carbocycles. The van der Waals surface area contributed by atoms with E-state index in [2.05, 4.69) is 4.98 Å². The number of fused-ring (bicyclic) bond motifs is 1. The van der Waals surface area contributed by atoms with Crippen LogP contribution in [0.1, 0.15) is 5.56 Å². The molecule has 0 aliphatic carbocycles. The lowest BCUT2D eigenvalue weighted by Crippen LogP contribution is -2.00. The third kappa shape index (κ3) is 2.28. The van der Waals surface area contributed by atoms with E-state index in [1.807, 2.05) is 30.3 Å². The zero-order valence-electron chi connectivity index (χ0n) is 10.6. The fourth-order valence-corrected chi connectivity index (χ4v) is 2.42. The van der Waals surface area contributed by atoms with Crippen LogP contribution in [0, 0.1) is 0 Å². The molecule has 2 aromatic heterocycles. The highest BCUT2D eigenvalue weighted by Gasteiger charge is 2.09. The van der Waals surface area contributed by atoms with Gasteiger partial charge in [0.25, 0.3) is 0 Å². The van der Waals surface area contributed by atoms with Crippen molar-refractivity contribution in [2.75, 3.05) is 7.11 Å². The molecule has 5 heteroatoms. The number of hydrogen-bond donors (Lipinski definition) is 0. The standard InChI is InChI=1S/C15H10ClNO2S/c1-18-15(20)10-2-4-17-13(8-10)11-6-9-3-5-19-14(9)12(16)7-11/h2-8H,1H3. The van der Waals surface area contributed by atoms with Crippen LogP contribution < -0.4 is 0 Å². The number of ether oxygens (including phenoxy) is 1. The maximum atomic E-state index is 6.21. The lowest BCUT2D eigenvalue weighted by molar-refractivity contribution is 0.416. The Kier molecular flexibility index (Phi) is 3.42. The maximum absolute atomic E-state index is 6.21. The SMILES string of the molecule is COC(=S)c1ccnc(-c2cc(Cl)c3occc3c2)c1. The van der Waals surface area contributed by atoms with Gasteiger partial charge in [0.15, 0.2) is 10.6 Å². The lowest BCUT2D eigenvalue weighted by Gasteiger charge is -2.06. The average Bonchev–Trinajstić information content (AvgIpc) is 2.95. The largest absolute Gasteiger partial charge is 0.486 e. The van der Waals surface area contributed by atoms with E-state index in [0.717, 1.165) is 22.2 Å². The Morgan fingerprint density at radius 3 is 2.95 bits per heavy atom. The minimum absolute atomic E-state index is 0.434. The molecule has 20 heavy (non-hydrogen) atoms. The van der Waals surface area contributed by atoms with Crippen LogP contribution in [0.25, 0.3) is 22.2 Å². The molecule has 1 aromatic carbocycles. The number of methoxy groups -OCH3 is 1. The number of hydrogen-bond acceptors (Lipinski definition) is 4. The average molecular weight is 304 g/mol. The first-order valence-electron chi connectivity index (χ1n) is 5.90. The van der Waals surface area contributed by atoms with Crippen LogP contribution in [0.15, 0.2) is 47.2 Å². The fraction of sp³-hybridized carbons (Fsp3) is 0.0667. The van der Waals surface area contributed by atoms with Crippen molar-refractivity contribution in [2.24, 2.45) is 0 Å². The summed E-state index contributed by atoms with van der Waals surface area (Å²) in [6.07, 6.45) is 3.31. The highest BCUT2D eigenvalue weighted by molar-refractivity contribution is 7.80. The maximum Gasteiger partial charge on any atom is 0.190 e. The highest BCUT2D eigenvalue weighted by atomic mass is 35.5. The van der Waals surface area contributed by atoms with Gasteiger partial charge < -0.3 is 9.15 Å². The first-order chi connectivity index (χ1) is 9.69. The number of furan rings is 1. The van der Waals surface area contributed by atoms with Gasteiger partial charge in [0.05, 0.1) is 24.1 Å². The topological polar surface area (TPSA) is 35.3 Å². The van der Waals surface area contributed by atoms with Gasteiger partial charge in [0.2, 0.25) is 0 Å². The van der Waals surface area contributed by atoms with Crippen molar-refractivity contribution in [1.82, 2.24) is 4.98 Å². The van der Waals surface area contributed by atoms with E-state index < -0.39 is 0 Å². The van der Waals surface area contributed by atoms with Crippen molar-refractivity contribution < 1.29 is 9.15 Å². The van der Waals surface area contributed by atoms with Crippen LogP contribution in [0.2, 0.25) is 5.02 Å². The second-order valence-electron chi connectivity index (χ2n) is 4.22. The summed E-state index contributed by atoms with van der Waals surface area (Å²) in [5.41, 5.74) is 3.19. The molecule has 0 radical (unpaired) electrons. The van der Waals surface area contributed by atoms with Crippen LogP contribution in [0.5, 0.6) is 0 Å². The van der Waals surface area contributed by atoms with Gasteiger partial charge in [-0.2, -0.15) is 0 Å². The summed E-state index contributed by atoms with van der Waals surface area (Å²) in [4.78, 5) is 4.35. The molecule has 3 nitrogen and oxygen atoms in total. The number of nitrogens with zero attached hydrogens (tertiary/aromatic N) is 1. The van der Waals surface area contributed by atoms with Gasteiger partial charge in [-0.05, 0) is 42.5 Å². The molecule has 0 amide bonds. The Hall–Kier alpha value is -1.91. The van der Waals surface area contributed by atoms with Crippen molar-refractivity contribution in [2.45, 2.75) is 0 Å². The smallest absolute Gasteiger partial charge is 0.190 e. The predicted octanol–water partition coefficient (Wildman–Crippen LogP) is 4.47. The van der Waals surface area contributed by atoms with Gasteiger partial charge in [-0.25, -0.2) is 0 Å². The van der Waals surface area contributed by atoms with E-state index >= 15 is 0 Å². The highest BCUT2D eigenvalue weighted by Crippen LogP contribution is 2.30. The first kappa shape index (κ1) is 13.1. The number of rotatable bonds is 2. The summed E-state index contributed by atoms with van der Waals surface area (Å²) in [5, 5.41) is 1.93. The summed E-state index contributed by atoms with van der Waals surface area (Å²) in [7, 11) is 1.55. The number of pyridine rings is 1. The third-order valence-corrected chi connectivity index (χ3v) is 3.67. The quantitative estimate of drug-likeness (QED) is 0.654. The van der Waals surface area contributed by atoms with Gasteiger partial charge in [0, 0.05) is 22.7 Å². The van der Waals surface area contributed by atoms with Crippen molar-refractivity contribution in [3.05, 3.63) is 53.4 Å². The normalized spacial score (nSPS) is 10.7. The van der Waals surface area contributed by atoms with E-state index in [1.165, 1.54) is 0 Å². The summed E-state index contributed by atoms with van der Waals surface area (Å²) in [5.74, 6) is 0. The zero-order valence-corrected chi connectivity index (χ0v) is 12.2. The van der Waals surface area contributed by atoms with Crippen molar-refractivity contribution >= 4 is 39.8 Å². The third-order valence-electron chi connectivity index (χ3n) is 2.98. The molecular formula is C15H10ClNO2S. The lowest BCUT2D eigenvalue weighted by atomic mass is 10.1. The minimum Gasteiger partial charge on any atom is -0.486 e. The van der Waals surface area contributed by atoms with Crippen LogP contribution in [-0.2, 0) is 4.74 Å². The van der Waals surface area contributed by atoms with Crippen LogP contribution in [0.3, 0.4) is 0 Å². The van der Waals surface area contributed by atoms with Crippen LogP contribution in [-0.4, -0.2) is 17.1 Å². The molecule has 0 fully saturated rings. The summed E-state index contributed by atoms with van der Waals surface area (Å²) in [6.45, 7) is 0. The van der Waals surface area contributed by atoms with Crippen molar-refractivity contribution in [1.29, 1.82) is 0 Å². The van der Waals surface area contributed by atoms with Crippen molar-refractivity contribution in [3.8, 4) is 11.3 Å². The Morgan fingerprint density at radius 2 is 2.15 bits per heavy atom. The molecule has 0 atom stereocenters. The summed E-state index contributed by atoms with van der Waals surface area (Å²) in [6, 6.07) is 9.37. The summed E-state index contributed by atoms with van der Waals surface area (Å²) >= 11 is 11.3. The molecule has 0 aliphatic heterocycles. The number of halogens is 1. The Balaban J connectivity index is 2.13. The molecule has 3 aromatic rings. The molecule has 0 N–H and O–H groups in total. The van der Waals surface area contributed by atoms with Gasteiger partial charge in [-0.1, -0.05) is 11.6 Å². The predicted molar refractivity (Wildman–Crippen MR) is 83.2 cm³/mol. The Morgan fingerprint density at radius 1 is 1.30 bits per heavy atom. The van der Waals surface area contributed by atoms with E-state index in [4.69, 9.17) is 33.0 Å². The Bertz CT molecular complexity index is 797. The van der Waals surface area contributed by atoms with E-state index in [-0.39, 0.29) is 0 Å². The molecule has 2 heterocycles. The molecule has 0 bridgehead atoms. The molecule has 100 valence electrons. The molecule has 0 saturated heterocycles. The van der Waals surface area contributed by atoms with E-state index in [1.54, 1.807) is 19.6 Å². The monoisotopic (exact) mass is 303 g/mol. The van der Waals surface area contributed by atoms with Gasteiger partial charge >= 0.3 is 0 Å². The molecule has 0 unspecified atom stereocenters. The number of thiocarbonyl (C=S) groups is 1.